The van der Waals surface area contributed by atoms with Crippen LogP contribution in [0.4, 0.5) is 11.4 Å². The van der Waals surface area contributed by atoms with E-state index < -0.39 is 0 Å². The van der Waals surface area contributed by atoms with E-state index >= 15 is 0 Å². The molecule has 4 rings (SSSR count). The second-order valence-corrected chi connectivity index (χ2v) is 7.04. The molecule has 136 valence electrons. The fourth-order valence-corrected chi connectivity index (χ4v) is 3.49. The van der Waals surface area contributed by atoms with Crippen molar-refractivity contribution in [1.82, 2.24) is 4.98 Å². The quantitative estimate of drug-likeness (QED) is 0.707. The van der Waals surface area contributed by atoms with Crippen molar-refractivity contribution in [1.29, 1.82) is 0 Å². The van der Waals surface area contributed by atoms with Crippen molar-refractivity contribution in [2.75, 3.05) is 23.3 Å². The van der Waals surface area contributed by atoms with Gasteiger partial charge in [0.05, 0.1) is 11.3 Å². The highest BCUT2D eigenvalue weighted by atomic mass is 35.5. The minimum Gasteiger partial charge on any atom is -0.383 e. The molecule has 1 aliphatic rings. The number of rotatable bonds is 5. The number of aromatic nitrogens is 1. The van der Waals surface area contributed by atoms with E-state index in [1.54, 1.807) is 12.4 Å². The number of carbonyl (C=O) groups is 1. The van der Waals surface area contributed by atoms with Crippen molar-refractivity contribution < 1.29 is 4.79 Å². The van der Waals surface area contributed by atoms with Crippen molar-refractivity contribution in [3.8, 4) is 0 Å². The molecule has 1 aromatic heterocycles. The number of pyridine rings is 1. The predicted molar refractivity (Wildman–Crippen MR) is 110 cm³/mol. The van der Waals surface area contributed by atoms with Crippen LogP contribution >= 0.6 is 11.6 Å². The van der Waals surface area contributed by atoms with Crippen LogP contribution in [0.3, 0.4) is 0 Å². The van der Waals surface area contributed by atoms with Crippen LogP contribution in [0, 0.1) is 0 Å². The van der Waals surface area contributed by atoms with Crippen molar-refractivity contribution in [3.63, 3.8) is 0 Å². The summed E-state index contributed by atoms with van der Waals surface area (Å²) in [7, 11) is 0. The molecule has 2 aromatic carbocycles. The van der Waals surface area contributed by atoms with Gasteiger partial charge >= 0.3 is 0 Å². The third kappa shape index (κ3) is 3.96. The third-order valence-electron chi connectivity index (χ3n) is 4.77. The predicted octanol–water partition coefficient (Wildman–Crippen LogP) is 4.59. The molecule has 0 saturated heterocycles. The Morgan fingerprint density at radius 3 is 2.78 bits per heavy atom. The summed E-state index contributed by atoms with van der Waals surface area (Å²) in [4.78, 5) is 19.0. The fraction of sp³-hybridized carbons (Fsp3) is 0.182. The average Bonchev–Trinajstić information content (AvgIpc) is 3.13. The maximum absolute atomic E-state index is 12.9. The first-order valence-electron chi connectivity index (χ1n) is 9.04. The van der Waals surface area contributed by atoms with E-state index in [-0.39, 0.29) is 5.91 Å². The first-order chi connectivity index (χ1) is 13.2. The molecule has 1 amide bonds. The Bertz CT molecular complexity index is 956. The van der Waals surface area contributed by atoms with Gasteiger partial charge in [-0.2, -0.15) is 0 Å². The second kappa shape index (κ2) is 7.80. The first kappa shape index (κ1) is 17.6. The van der Waals surface area contributed by atoms with E-state index in [0.717, 1.165) is 35.8 Å². The monoisotopic (exact) mass is 377 g/mol. The van der Waals surface area contributed by atoms with Gasteiger partial charge in [0.15, 0.2) is 0 Å². The molecule has 1 N–H and O–H groups in total. The molecule has 0 bridgehead atoms. The lowest BCUT2D eigenvalue weighted by molar-refractivity contribution is 0.0989. The van der Waals surface area contributed by atoms with Gasteiger partial charge in [0.1, 0.15) is 0 Å². The Kier molecular flexibility index (Phi) is 5.07. The van der Waals surface area contributed by atoms with Gasteiger partial charge in [0.25, 0.3) is 5.91 Å². The zero-order valence-corrected chi connectivity index (χ0v) is 15.6. The topological polar surface area (TPSA) is 45.2 Å². The van der Waals surface area contributed by atoms with Gasteiger partial charge < -0.3 is 10.2 Å². The number of para-hydroxylation sites is 1. The molecule has 27 heavy (non-hydrogen) atoms. The van der Waals surface area contributed by atoms with Crippen molar-refractivity contribution in [2.45, 2.75) is 12.8 Å². The van der Waals surface area contributed by atoms with Gasteiger partial charge in [0.2, 0.25) is 0 Å². The van der Waals surface area contributed by atoms with Crippen LogP contribution in [-0.2, 0) is 12.8 Å². The largest absolute Gasteiger partial charge is 0.383 e. The number of anilines is 2. The normalized spacial score (nSPS) is 12.7. The maximum atomic E-state index is 12.9. The Labute approximate surface area is 163 Å². The fourth-order valence-electron chi connectivity index (χ4n) is 3.36. The average molecular weight is 378 g/mol. The van der Waals surface area contributed by atoms with E-state index in [0.29, 0.717) is 12.1 Å². The van der Waals surface area contributed by atoms with Gasteiger partial charge in [-0.05, 0) is 48.2 Å². The summed E-state index contributed by atoms with van der Waals surface area (Å²) in [6.45, 7) is 1.47. The van der Waals surface area contributed by atoms with E-state index in [4.69, 9.17) is 11.6 Å². The van der Waals surface area contributed by atoms with Crippen molar-refractivity contribution in [3.05, 3.63) is 88.7 Å². The molecule has 4 nitrogen and oxygen atoms in total. The molecule has 0 atom stereocenters. The molecule has 0 saturated carbocycles. The standard InChI is InChI=1S/C22H20ClN3O/c23-19-7-5-16(6-8-19)9-11-25-20-13-18(14-24-15-20)22(27)26-12-10-17-3-1-2-4-21(17)26/h1-8,13-15,25H,9-12H2. The smallest absolute Gasteiger partial charge is 0.259 e. The summed E-state index contributed by atoms with van der Waals surface area (Å²) >= 11 is 5.91. The Hall–Kier alpha value is -2.85. The Morgan fingerprint density at radius 1 is 1.11 bits per heavy atom. The maximum Gasteiger partial charge on any atom is 0.259 e. The van der Waals surface area contributed by atoms with Gasteiger partial charge in [-0.15, -0.1) is 0 Å². The molecule has 0 spiro atoms. The van der Waals surface area contributed by atoms with Crippen molar-refractivity contribution in [2.24, 2.45) is 0 Å². The number of amides is 1. The molecule has 0 fully saturated rings. The van der Waals surface area contributed by atoms with E-state index in [1.807, 2.05) is 53.4 Å². The molecule has 0 unspecified atom stereocenters. The van der Waals surface area contributed by atoms with Gasteiger partial charge in [-0.1, -0.05) is 41.9 Å². The van der Waals surface area contributed by atoms with E-state index in [1.165, 1.54) is 11.1 Å². The summed E-state index contributed by atoms with van der Waals surface area (Å²) in [6, 6.07) is 17.8. The molecule has 0 radical (unpaired) electrons. The highest BCUT2D eigenvalue weighted by molar-refractivity contribution is 6.30. The van der Waals surface area contributed by atoms with Gasteiger partial charge in [-0.25, -0.2) is 0 Å². The van der Waals surface area contributed by atoms with Crippen LogP contribution in [0.25, 0.3) is 0 Å². The zero-order valence-electron chi connectivity index (χ0n) is 14.9. The van der Waals surface area contributed by atoms with E-state index in [2.05, 4.69) is 16.4 Å². The first-order valence-corrected chi connectivity index (χ1v) is 9.41. The van der Waals surface area contributed by atoms with Gasteiger partial charge in [-0.3, -0.25) is 9.78 Å². The number of benzene rings is 2. The molecular weight excluding hydrogens is 358 g/mol. The number of hydrogen-bond acceptors (Lipinski definition) is 3. The SMILES string of the molecule is O=C(c1cncc(NCCc2ccc(Cl)cc2)c1)N1CCc2ccccc21. The summed E-state index contributed by atoms with van der Waals surface area (Å²) < 4.78 is 0. The highest BCUT2D eigenvalue weighted by Gasteiger charge is 2.25. The summed E-state index contributed by atoms with van der Waals surface area (Å²) in [6.07, 6.45) is 5.15. The molecule has 1 aliphatic heterocycles. The van der Waals surface area contributed by atoms with Crippen LogP contribution in [0.15, 0.2) is 67.0 Å². The number of hydrogen-bond donors (Lipinski definition) is 1. The molecule has 0 aliphatic carbocycles. The lowest BCUT2D eigenvalue weighted by Gasteiger charge is -2.17. The summed E-state index contributed by atoms with van der Waals surface area (Å²) in [5, 5.41) is 4.09. The van der Waals surface area contributed by atoms with Crippen LogP contribution in [0.2, 0.25) is 5.02 Å². The number of nitrogens with zero attached hydrogens (tertiary/aromatic N) is 2. The number of carbonyl (C=O) groups excluding carboxylic acids is 1. The Balaban J connectivity index is 1.42. The Morgan fingerprint density at radius 2 is 1.93 bits per heavy atom. The van der Waals surface area contributed by atoms with Crippen LogP contribution in [-0.4, -0.2) is 24.0 Å². The van der Waals surface area contributed by atoms with Crippen LogP contribution in [0.5, 0.6) is 0 Å². The number of fused-ring (bicyclic) bond motifs is 1. The van der Waals surface area contributed by atoms with Gasteiger partial charge in [0, 0.05) is 36.2 Å². The lowest BCUT2D eigenvalue weighted by atomic mass is 10.1. The van der Waals surface area contributed by atoms with Crippen LogP contribution < -0.4 is 10.2 Å². The molecule has 5 heteroatoms. The lowest BCUT2D eigenvalue weighted by Crippen LogP contribution is -2.29. The zero-order chi connectivity index (χ0) is 18.6. The summed E-state index contributed by atoms with van der Waals surface area (Å²) in [5.41, 5.74) is 4.88. The number of halogens is 1. The minimum atomic E-state index is -0.00574. The van der Waals surface area contributed by atoms with E-state index in [9.17, 15) is 4.79 Å². The number of nitrogens with one attached hydrogen (secondary N) is 1. The highest BCUT2D eigenvalue weighted by Crippen LogP contribution is 2.29. The second-order valence-electron chi connectivity index (χ2n) is 6.60. The molecule has 2 heterocycles. The minimum absolute atomic E-state index is 0.00574. The molecular formula is C22H20ClN3O. The van der Waals surface area contributed by atoms with Crippen molar-refractivity contribution >= 4 is 28.9 Å². The summed E-state index contributed by atoms with van der Waals surface area (Å²) in [5.74, 6) is -0.00574. The third-order valence-corrected chi connectivity index (χ3v) is 5.03. The van der Waals surface area contributed by atoms with Crippen LogP contribution in [0.1, 0.15) is 21.5 Å². The molecule has 3 aromatic rings.